The van der Waals surface area contributed by atoms with Crippen molar-refractivity contribution < 1.29 is 18.8 Å². The number of aryl methyl sites for hydroxylation is 1. The average molecular weight is 310 g/mol. The molecule has 0 radical (unpaired) electrons. The molecule has 2 aromatic carbocycles. The second kappa shape index (κ2) is 5.88. The Morgan fingerprint density at radius 2 is 2.05 bits per heavy atom. The van der Waals surface area contributed by atoms with Crippen molar-refractivity contribution in [1.29, 1.82) is 0 Å². The standard InChI is InChI=1S/C14H9ClFNO4/c1-8-5-14(11(16)6-12(8)17(19)20)21-13-4-2-3-10(15)9(13)7-18/h2-7H,1H3. The molecule has 2 rings (SSSR count). The van der Waals surface area contributed by atoms with E-state index in [1.807, 2.05) is 0 Å². The number of nitrogens with zero attached hydrogens (tertiary/aromatic N) is 1. The quantitative estimate of drug-likeness (QED) is 0.479. The van der Waals surface area contributed by atoms with Crippen LogP contribution < -0.4 is 4.74 Å². The first-order chi connectivity index (χ1) is 9.93. The van der Waals surface area contributed by atoms with Crippen molar-refractivity contribution in [3.63, 3.8) is 0 Å². The predicted octanol–water partition coefficient (Wildman–Crippen LogP) is 4.30. The van der Waals surface area contributed by atoms with Crippen LogP contribution in [0.5, 0.6) is 11.5 Å². The van der Waals surface area contributed by atoms with E-state index in [-0.39, 0.29) is 33.3 Å². The van der Waals surface area contributed by atoms with Crippen LogP contribution in [0.4, 0.5) is 10.1 Å². The molecule has 21 heavy (non-hydrogen) atoms. The van der Waals surface area contributed by atoms with Gasteiger partial charge in [-0.05, 0) is 25.1 Å². The van der Waals surface area contributed by atoms with Crippen molar-refractivity contribution >= 4 is 23.6 Å². The Balaban J connectivity index is 2.46. The van der Waals surface area contributed by atoms with Crippen LogP contribution in [-0.4, -0.2) is 11.2 Å². The number of nitro groups is 1. The van der Waals surface area contributed by atoms with Gasteiger partial charge in [0.05, 0.1) is 21.6 Å². The summed E-state index contributed by atoms with van der Waals surface area (Å²) in [6.45, 7) is 1.46. The SMILES string of the molecule is Cc1cc(Oc2cccc(Cl)c2C=O)c(F)cc1[N+](=O)[O-]. The molecule has 0 amide bonds. The summed E-state index contributed by atoms with van der Waals surface area (Å²) in [4.78, 5) is 21.0. The lowest BCUT2D eigenvalue weighted by atomic mass is 10.2. The van der Waals surface area contributed by atoms with Crippen molar-refractivity contribution in [2.24, 2.45) is 0 Å². The Bertz CT molecular complexity index is 733. The normalized spacial score (nSPS) is 10.2. The molecule has 0 aromatic heterocycles. The van der Waals surface area contributed by atoms with Crippen molar-refractivity contribution in [3.8, 4) is 11.5 Å². The van der Waals surface area contributed by atoms with E-state index >= 15 is 0 Å². The molecule has 0 fully saturated rings. The summed E-state index contributed by atoms with van der Waals surface area (Å²) in [6, 6.07) is 6.46. The minimum atomic E-state index is -0.899. The second-order valence-corrected chi connectivity index (χ2v) is 4.60. The fraction of sp³-hybridized carbons (Fsp3) is 0.0714. The summed E-state index contributed by atoms with van der Waals surface area (Å²) in [5.74, 6) is -1.04. The number of ether oxygens (including phenoxy) is 1. The Kier molecular flexibility index (Phi) is 4.18. The molecule has 0 aliphatic heterocycles. The number of rotatable bonds is 4. The van der Waals surface area contributed by atoms with Gasteiger partial charge in [-0.1, -0.05) is 17.7 Å². The van der Waals surface area contributed by atoms with Gasteiger partial charge in [0.25, 0.3) is 5.69 Å². The summed E-state index contributed by atoms with van der Waals surface area (Å²) >= 11 is 5.84. The molecule has 2 aromatic rings. The zero-order valence-electron chi connectivity index (χ0n) is 10.8. The molecule has 0 heterocycles. The summed E-state index contributed by atoms with van der Waals surface area (Å²) in [5.41, 5.74) is -0.0257. The van der Waals surface area contributed by atoms with E-state index in [1.54, 1.807) is 6.07 Å². The number of hydrogen-bond acceptors (Lipinski definition) is 4. The van der Waals surface area contributed by atoms with Crippen LogP contribution in [0.2, 0.25) is 5.02 Å². The molecule has 108 valence electrons. The van der Waals surface area contributed by atoms with Gasteiger partial charge in [-0.15, -0.1) is 0 Å². The lowest BCUT2D eigenvalue weighted by Gasteiger charge is -2.10. The van der Waals surface area contributed by atoms with Crippen LogP contribution in [0.15, 0.2) is 30.3 Å². The number of carbonyl (C=O) groups excluding carboxylic acids is 1. The van der Waals surface area contributed by atoms with Crippen LogP contribution in [-0.2, 0) is 0 Å². The zero-order chi connectivity index (χ0) is 15.6. The third kappa shape index (κ3) is 3.00. The lowest BCUT2D eigenvalue weighted by molar-refractivity contribution is -0.385. The Morgan fingerprint density at radius 1 is 1.33 bits per heavy atom. The van der Waals surface area contributed by atoms with E-state index in [0.29, 0.717) is 6.29 Å². The molecule has 7 heteroatoms. The molecule has 0 bridgehead atoms. The lowest BCUT2D eigenvalue weighted by Crippen LogP contribution is -1.97. The largest absolute Gasteiger partial charge is 0.453 e. The van der Waals surface area contributed by atoms with Gasteiger partial charge in [0.1, 0.15) is 5.75 Å². The van der Waals surface area contributed by atoms with Crippen LogP contribution in [0, 0.1) is 22.9 Å². The topological polar surface area (TPSA) is 69.4 Å². The molecule has 0 saturated carbocycles. The molecular formula is C14H9ClFNO4. The first-order valence-electron chi connectivity index (χ1n) is 5.80. The monoisotopic (exact) mass is 309 g/mol. The van der Waals surface area contributed by atoms with Crippen LogP contribution in [0.3, 0.4) is 0 Å². The number of carbonyl (C=O) groups is 1. The van der Waals surface area contributed by atoms with Gasteiger partial charge in [0, 0.05) is 5.56 Å². The number of aldehydes is 1. The van der Waals surface area contributed by atoms with E-state index in [1.165, 1.54) is 25.1 Å². The summed E-state index contributed by atoms with van der Waals surface area (Å²) in [5, 5.41) is 10.9. The average Bonchev–Trinajstić information content (AvgIpc) is 2.42. The maximum atomic E-state index is 13.9. The molecule has 0 aliphatic carbocycles. The second-order valence-electron chi connectivity index (χ2n) is 4.20. The van der Waals surface area contributed by atoms with Crippen LogP contribution in [0.25, 0.3) is 0 Å². The number of halogens is 2. The maximum absolute atomic E-state index is 13.9. The summed E-state index contributed by atoms with van der Waals surface area (Å²) in [7, 11) is 0. The highest BCUT2D eigenvalue weighted by Crippen LogP contribution is 2.33. The molecule has 0 spiro atoms. The fourth-order valence-electron chi connectivity index (χ4n) is 1.76. The predicted molar refractivity (Wildman–Crippen MR) is 74.7 cm³/mol. The molecule has 0 unspecified atom stereocenters. The van der Waals surface area contributed by atoms with Gasteiger partial charge in [0.15, 0.2) is 17.9 Å². The van der Waals surface area contributed by atoms with Crippen LogP contribution >= 0.6 is 11.6 Å². The minimum absolute atomic E-state index is 0.0738. The third-order valence-corrected chi connectivity index (χ3v) is 3.13. The number of benzene rings is 2. The number of nitro benzene ring substituents is 1. The first kappa shape index (κ1) is 14.9. The van der Waals surface area contributed by atoms with Crippen molar-refractivity contribution in [1.82, 2.24) is 0 Å². The first-order valence-corrected chi connectivity index (χ1v) is 6.18. The highest BCUT2D eigenvalue weighted by atomic mass is 35.5. The Hall–Kier alpha value is -2.47. The van der Waals surface area contributed by atoms with E-state index in [0.717, 1.165) is 6.07 Å². The van der Waals surface area contributed by atoms with Gasteiger partial charge in [-0.3, -0.25) is 14.9 Å². The highest BCUT2D eigenvalue weighted by molar-refractivity contribution is 6.33. The third-order valence-electron chi connectivity index (χ3n) is 2.80. The van der Waals surface area contributed by atoms with Gasteiger partial charge in [0.2, 0.25) is 0 Å². The molecule has 0 atom stereocenters. The van der Waals surface area contributed by atoms with Gasteiger partial charge >= 0.3 is 0 Å². The summed E-state index contributed by atoms with van der Waals surface area (Å²) in [6.07, 6.45) is 0.494. The maximum Gasteiger partial charge on any atom is 0.275 e. The van der Waals surface area contributed by atoms with E-state index in [9.17, 15) is 19.3 Å². The molecular weight excluding hydrogens is 301 g/mol. The summed E-state index contributed by atoms with van der Waals surface area (Å²) < 4.78 is 19.2. The minimum Gasteiger partial charge on any atom is -0.453 e. The Labute approximate surface area is 124 Å². The van der Waals surface area contributed by atoms with Crippen molar-refractivity contribution in [3.05, 3.63) is 62.4 Å². The van der Waals surface area contributed by atoms with Gasteiger partial charge in [-0.25, -0.2) is 4.39 Å². The van der Waals surface area contributed by atoms with Crippen molar-refractivity contribution in [2.75, 3.05) is 0 Å². The fourth-order valence-corrected chi connectivity index (χ4v) is 1.97. The molecule has 0 N–H and O–H groups in total. The van der Waals surface area contributed by atoms with Crippen LogP contribution in [0.1, 0.15) is 15.9 Å². The van der Waals surface area contributed by atoms with Gasteiger partial charge < -0.3 is 4.74 Å². The van der Waals surface area contributed by atoms with Crippen molar-refractivity contribution in [2.45, 2.75) is 6.92 Å². The molecule has 0 aliphatic rings. The van der Waals surface area contributed by atoms with E-state index < -0.39 is 10.7 Å². The Morgan fingerprint density at radius 3 is 2.67 bits per heavy atom. The smallest absolute Gasteiger partial charge is 0.275 e. The molecule has 0 saturated heterocycles. The zero-order valence-corrected chi connectivity index (χ0v) is 11.6. The highest BCUT2D eigenvalue weighted by Gasteiger charge is 2.18. The molecule has 5 nitrogen and oxygen atoms in total. The van der Waals surface area contributed by atoms with E-state index in [2.05, 4.69) is 0 Å². The number of hydrogen-bond donors (Lipinski definition) is 0. The van der Waals surface area contributed by atoms with Gasteiger partial charge in [-0.2, -0.15) is 0 Å². The van der Waals surface area contributed by atoms with E-state index in [4.69, 9.17) is 16.3 Å².